The Bertz CT molecular complexity index is 1510. The Balaban J connectivity index is 1.06. The molecule has 0 aliphatic carbocycles. The quantitative estimate of drug-likeness (QED) is 0.304. The summed E-state index contributed by atoms with van der Waals surface area (Å²) < 4.78 is 4.32. The zero-order valence-corrected chi connectivity index (χ0v) is 24.7. The zero-order valence-electron chi connectivity index (χ0n) is 24.7. The summed E-state index contributed by atoms with van der Waals surface area (Å²) in [5.41, 5.74) is 5.52. The van der Waals surface area contributed by atoms with E-state index in [0.717, 1.165) is 55.9 Å². The number of nitrogens with zero attached hydrogens (tertiary/aromatic N) is 6. The molecule has 7 nitrogen and oxygen atoms in total. The van der Waals surface area contributed by atoms with Crippen molar-refractivity contribution >= 4 is 16.9 Å². The van der Waals surface area contributed by atoms with Crippen LogP contribution in [-0.2, 0) is 12.5 Å². The predicted octanol–water partition coefficient (Wildman–Crippen LogP) is 5.82. The van der Waals surface area contributed by atoms with E-state index in [0.29, 0.717) is 23.8 Å². The zero-order chi connectivity index (χ0) is 28.1. The van der Waals surface area contributed by atoms with Gasteiger partial charge in [-0.15, -0.1) is 0 Å². The summed E-state index contributed by atoms with van der Waals surface area (Å²) >= 11 is 0. The van der Waals surface area contributed by atoms with Gasteiger partial charge in [0.1, 0.15) is 5.82 Å². The summed E-state index contributed by atoms with van der Waals surface area (Å²) in [5.74, 6) is 1.21. The minimum absolute atomic E-state index is 0.0674. The van der Waals surface area contributed by atoms with Gasteiger partial charge >= 0.3 is 0 Å². The first kappa shape index (κ1) is 26.4. The molecule has 5 heterocycles. The van der Waals surface area contributed by atoms with E-state index in [1.54, 1.807) is 4.68 Å². The van der Waals surface area contributed by atoms with Gasteiger partial charge in [-0.3, -0.25) is 14.4 Å². The van der Waals surface area contributed by atoms with E-state index in [9.17, 15) is 4.79 Å². The molecule has 7 heteroatoms. The molecule has 3 saturated heterocycles. The Morgan fingerprint density at radius 3 is 2.29 bits per heavy atom. The number of benzene rings is 2. The molecule has 3 atom stereocenters. The third kappa shape index (κ3) is 4.68. The number of piperidine rings is 2. The van der Waals surface area contributed by atoms with E-state index < -0.39 is 0 Å². The van der Waals surface area contributed by atoms with Crippen LogP contribution in [-0.4, -0.2) is 66.8 Å². The summed E-state index contributed by atoms with van der Waals surface area (Å²) in [5, 5.41) is 4.46. The molecule has 3 fully saturated rings. The molecule has 3 aliphatic heterocycles. The van der Waals surface area contributed by atoms with Crippen LogP contribution in [0.2, 0.25) is 0 Å². The van der Waals surface area contributed by atoms with E-state index in [1.807, 2.05) is 24.9 Å². The topological polar surface area (TPSA) is 59.2 Å². The number of carbonyl (C=O) groups is 1. The van der Waals surface area contributed by atoms with Crippen molar-refractivity contribution in [3.63, 3.8) is 0 Å². The lowest BCUT2D eigenvalue weighted by Crippen LogP contribution is -2.49. The second kappa shape index (κ2) is 10.4. The van der Waals surface area contributed by atoms with Gasteiger partial charge in [0, 0.05) is 44.0 Å². The number of likely N-dealkylation sites (tertiary alicyclic amines) is 1. The Kier molecular flexibility index (Phi) is 6.73. The monoisotopic (exact) mass is 550 g/mol. The maximum absolute atomic E-state index is 13.3. The molecule has 0 radical (unpaired) electrons. The highest BCUT2D eigenvalue weighted by atomic mass is 16.2. The van der Waals surface area contributed by atoms with Gasteiger partial charge in [0.25, 0.3) is 5.91 Å². The molecule has 0 N–H and O–H groups in total. The molecule has 7 rings (SSSR count). The Morgan fingerprint density at radius 2 is 1.61 bits per heavy atom. The first-order chi connectivity index (χ1) is 19.9. The van der Waals surface area contributed by atoms with Crippen molar-refractivity contribution in [2.75, 3.05) is 19.6 Å². The molecule has 41 heavy (non-hydrogen) atoms. The number of para-hydroxylation sites is 2. The fraction of sp³-hybridized carbons (Fsp3) is 0.500. The lowest BCUT2D eigenvalue weighted by molar-refractivity contribution is 0.0601. The molecular weight excluding hydrogens is 508 g/mol. The second-order valence-electron chi connectivity index (χ2n) is 12.7. The third-order valence-corrected chi connectivity index (χ3v) is 10.6. The molecule has 1 amide bonds. The number of imidazole rings is 1. The summed E-state index contributed by atoms with van der Waals surface area (Å²) in [4.78, 5) is 23.0. The van der Waals surface area contributed by atoms with Crippen molar-refractivity contribution < 1.29 is 4.79 Å². The standard InChI is InChI=1S/C34H42N6O/c1-24-21-31(36-37(24)3)33(41)38-18-15-34(16-19-38,26-9-5-4-6-10-26)17-20-39-27-13-14-28(39)23-29(22-27)40-25(2)35-30-11-7-8-12-32(30)40/h4-12,21,27-29H,13-20,22-23H2,1-3H3/t27-,28+,29?. The smallest absolute Gasteiger partial charge is 0.274 e. The molecule has 4 aromatic rings. The third-order valence-electron chi connectivity index (χ3n) is 10.6. The van der Waals surface area contributed by atoms with Gasteiger partial charge < -0.3 is 9.47 Å². The van der Waals surface area contributed by atoms with Gasteiger partial charge in [-0.2, -0.15) is 5.10 Å². The number of amides is 1. The number of aryl methyl sites for hydroxylation is 3. The van der Waals surface area contributed by atoms with E-state index in [4.69, 9.17) is 4.98 Å². The fourth-order valence-corrected chi connectivity index (χ4v) is 8.23. The van der Waals surface area contributed by atoms with Crippen LogP contribution in [0, 0.1) is 13.8 Å². The van der Waals surface area contributed by atoms with Crippen LogP contribution >= 0.6 is 0 Å². The Hall–Kier alpha value is -3.45. The minimum atomic E-state index is 0.0674. The number of rotatable bonds is 6. The van der Waals surface area contributed by atoms with Crippen molar-refractivity contribution in [3.05, 3.63) is 83.4 Å². The number of fused-ring (bicyclic) bond motifs is 3. The van der Waals surface area contributed by atoms with Gasteiger partial charge in [0.05, 0.1) is 11.0 Å². The van der Waals surface area contributed by atoms with Crippen LogP contribution in [0.5, 0.6) is 0 Å². The van der Waals surface area contributed by atoms with E-state index in [-0.39, 0.29) is 11.3 Å². The molecule has 0 saturated carbocycles. The average molecular weight is 551 g/mol. The van der Waals surface area contributed by atoms with Gasteiger partial charge in [0.2, 0.25) is 0 Å². The Labute approximate surface area is 243 Å². The molecule has 1 unspecified atom stereocenters. The van der Waals surface area contributed by atoms with E-state index in [1.165, 1.54) is 36.8 Å². The Morgan fingerprint density at radius 1 is 0.927 bits per heavy atom. The maximum atomic E-state index is 13.3. The maximum Gasteiger partial charge on any atom is 0.274 e. The summed E-state index contributed by atoms with van der Waals surface area (Å²) in [6.45, 7) is 6.86. The van der Waals surface area contributed by atoms with Crippen LogP contribution in [0.25, 0.3) is 11.0 Å². The lowest BCUT2D eigenvalue weighted by Gasteiger charge is -2.45. The molecule has 214 valence electrons. The van der Waals surface area contributed by atoms with Crippen LogP contribution < -0.4 is 0 Å². The van der Waals surface area contributed by atoms with Crippen molar-refractivity contribution in [2.24, 2.45) is 7.05 Å². The van der Waals surface area contributed by atoms with Gasteiger partial charge in [-0.05, 0) is 94.5 Å². The van der Waals surface area contributed by atoms with Crippen LogP contribution in [0.15, 0.2) is 60.7 Å². The molecule has 2 aromatic carbocycles. The molecule has 3 aliphatic rings. The largest absolute Gasteiger partial charge is 0.337 e. The second-order valence-corrected chi connectivity index (χ2v) is 12.7. The number of carbonyl (C=O) groups excluding carboxylic acids is 1. The van der Waals surface area contributed by atoms with Crippen LogP contribution in [0.1, 0.15) is 78.6 Å². The van der Waals surface area contributed by atoms with Gasteiger partial charge in [-0.25, -0.2) is 4.98 Å². The summed E-state index contributed by atoms with van der Waals surface area (Å²) in [7, 11) is 1.90. The number of hydrogen-bond acceptors (Lipinski definition) is 4. The lowest BCUT2D eigenvalue weighted by atomic mass is 9.70. The van der Waals surface area contributed by atoms with Crippen LogP contribution in [0.3, 0.4) is 0 Å². The van der Waals surface area contributed by atoms with Crippen molar-refractivity contribution in [2.45, 2.75) is 82.3 Å². The summed E-state index contributed by atoms with van der Waals surface area (Å²) in [6, 6.07) is 23.4. The molecular formula is C34H42N6O. The highest BCUT2D eigenvalue weighted by molar-refractivity contribution is 5.92. The van der Waals surface area contributed by atoms with Crippen molar-refractivity contribution in [3.8, 4) is 0 Å². The predicted molar refractivity (Wildman–Crippen MR) is 162 cm³/mol. The number of hydrogen-bond donors (Lipinski definition) is 0. The van der Waals surface area contributed by atoms with Crippen LogP contribution in [0.4, 0.5) is 0 Å². The van der Waals surface area contributed by atoms with E-state index >= 15 is 0 Å². The first-order valence-electron chi connectivity index (χ1n) is 15.5. The molecule has 2 bridgehead atoms. The molecule has 0 spiro atoms. The van der Waals surface area contributed by atoms with Crippen molar-refractivity contribution in [1.82, 2.24) is 29.1 Å². The van der Waals surface area contributed by atoms with E-state index in [2.05, 4.69) is 76.1 Å². The first-order valence-corrected chi connectivity index (χ1v) is 15.5. The highest BCUT2D eigenvalue weighted by Gasteiger charge is 2.44. The average Bonchev–Trinajstić information content (AvgIpc) is 3.60. The summed E-state index contributed by atoms with van der Waals surface area (Å²) in [6.07, 6.45) is 8.17. The minimum Gasteiger partial charge on any atom is -0.337 e. The number of aromatic nitrogens is 4. The highest BCUT2D eigenvalue weighted by Crippen LogP contribution is 2.45. The normalized spacial score (nSPS) is 24.3. The van der Waals surface area contributed by atoms with Gasteiger partial charge in [0.15, 0.2) is 5.69 Å². The SMILES string of the molecule is Cc1cc(C(=O)N2CCC(CCN3[C@@H]4CC[C@H]3CC(n3c(C)nc5ccccc53)C4)(c3ccccc3)CC2)nn1C. The van der Waals surface area contributed by atoms with Gasteiger partial charge in [-0.1, -0.05) is 42.5 Å². The van der Waals surface area contributed by atoms with Crippen molar-refractivity contribution in [1.29, 1.82) is 0 Å². The molecule has 2 aromatic heterocycles. The fourth-order valence-electron chi connectivity index (χ4n) is 8.23.